The van der Waals surface area contributed by atoms with Crippen LogP contribution in [0.3, 0.4) is 0 Å². The molecule has 1 unspecified atom stereocenters. The van der Waals surface area contributed by atoms with Crippen LogP contribution in [0.25, 0.3) is 0 Å². The summed E-state index contributed by atoms with van der Waals surface area (Å²) in [4.78, 5) is 39.5. The molecule has 254 valence electrons. The van der Waals surface area contributed by atoms with Gasteiger partial charge in [0.1, 0.15) is 18.8 Å². The van der Waals surface area contributed by atoms with Gasteiger partial charge in [0, 0.05) is 18.5 Å². The Hall–Kier alpha value is -4.17. The van der Waals surface area contributed by atoms with Crippen LogP contribution in [0.5, 0.6) is 0 Å². The lowest BCUT2D eigenvalue weighted by atomic mass is 10.0. The van der Waals surface area contributed by atoms with Crippen molar-refractivity contribution in [2.24, 2.45) is 0 Å². The fourth-order valence-electron chi connectivity index (χ4n) is 5.06. The van der Waals surface area contributed by atoms with Crippen LogP contribution in [0.2, 0.25) is 0 Å². The van der Waals surface area contributed by atoms with E-state index < -0.39 is 51.0 Å². The van der Waals surface area contributed by atoms with Gasteiger partial charge in [-0.3, -0.25) is 4.52 Å². The monoisotopic (exact) mass is 676 g/mol. The fraction of sp³-hybridized carbons (Fsp3) is 0.389. The molecule has 3 aromatic carbocycles. The average Bonchev–Trinajstić information content (AvgIpc) is 3.09. The average molecular weight is 677 g/mol. The Morgan fingerprint density at radius 2 is 1.27 bits per heavy atom. The number of ether oxygens (including phenoxy) is 4. The van der Waals surface area contributed by atoms with Crippen molar-refractivity contribution in [2.75, 3.05) is 13.2 Å². The van der Waals surface area contributed by atoms with Crippen LogP contribution in [0.4, 0.5) is 0 Å². The summed E-state index contributed by atoms with van der Waals surface area (Å²) < 4.78 is 38.6. The maximum Gasteiger partial charge on any atom is 0.338 e. The zero-order valence-corrected chi connectivity index (χ0v) is 28.4. The van der Waals surface area contributed by atoms with E-state index >= 15 is 0 Å². The molecule has 4 rings (SSSR count). The number of carbonyl (C=O) groups excluding carboxylic acids is 3. The van der Waals surface area contributed by atoms with Crippen molar-refractivity contribution in [3.8, 4) is 6.07 Å². The number of hydrogen-bond acceptors (Lipinski definition) is 11. The van der Waals surface area contributed by atoms with Crippen LogP contribution in [0.15, 0.2) is 91.0 Å². The number of rotatable bonds is 15. The minimum atomic E-state index is -1.84. The minimum absolute atomic E-state index is 0.0192. The molecule has 0 aliphatic carbocycles. The Labute approximate surface area is 282 Å². The van der Waals surface area contributed by atoms with E-state index in [-0.39, 0.29) is 38.1 Å². The molecule has 12 heteroatoms. The lowest BCUT2D eigenvalue weighted by molar-refractivity contribution is -0.241. The molecule has 1 aliphatic rings. The smallest absolute Gasteiger partial charge is 0.338 e. The predicted molar refractivity (Wildman–Crippen MR) is 178 cm³/mol. The SMILES string of the molecule is CC(C)N(C(C)C)P(OCCC#N)O[C@@H]1O[C@H](COC(=O)c2ccccc2)[C@@H](OC(=O)c2ccccc2)C[C@H]1OC(=O)c1ccccc1. The van der Waals surface area contributed by atoms with Gasteiger partial charge in [0.2, 0.25) is 6.29 Å². The van der Waals surface area contributed by atoms with Gasteiger partial charge < -0.3 is 23.5 Å². The van der Waals surface area contributed by atoms with Crippen molar-refractivity contribution < 1.29 is 42.4 Å². The van der Waals surface area contributed by atoms with Crippen LogP contribution in [-0.2, 0) is 28.0 Å². The van der Waals surface area contributed by atoms with E-state index in [4.69, 9.17) is 33.3 Å². The number of nitrogens with zero attached hydrogens (tertiary/aromatic N) is 2. The zero-order chi connectivity index (χ0) is 34.5. The van der Waals surface area contributed by atoms with Crippen LogP contribution < -0.4 is 0 Å². The summed E-state index contributed by atoms with van der Waals surface area (Å²) in [5.41, 5.74) is 0.965. The summed E-state index contributed by atoms with van der Waals surface area (Å²) in [7, 11) is -1.84. The van der Waals surface area contributed by atoms with Gasteiger partial charge in [-0.05, 0) is 64.1 Å². The quantitative estimate of drug-likeness (QED) is 0.0737. The van der Waals surface area contributed by atoms with Gasteiger partial charge in [-0.2, -0.15) is 5.26 Å². The standard InChI is InChI=1S/C36H41N2O9P/c1-25(2)38(26(3)4)48(43-22-14-21-37)47-36-31(45-35(41)29-19-12-7-13-20-29)23-30(44-34(40)28-17-10-6-11-18-28)32(46-36)24-42-33(39)27-15-8-5-9-16-27/h5-13,15-20,25-26,30-32,36H,14,22-24H2,1-4H3/t30-,31+,32+,36-,48?/m0/s1. The molecule has 0 N–H and O–H groups in total. The van der Waals surface area contributed by atoms with Gasteiger partial charge in [0.05, 0.1) is 35.8 Å². The molecule has 0 saturated carbocycles. The van der Waals surface area contributed by atoms with Gasteiger partial charge in [0.25, 0.3) is 8.53 Å². The number of carbonyl (C=O) groups is 3. The van der Waals surface area contributed by atoms with E-state index in [0.29, 0.717) is 16.7 Å². The first-order valence-corrected chi connectivity index (χ1v) is 17.0. The summed E-state index contributed by atoms with van der Waals surface area (Å²) in [5, 5.41) is 9.17. The first-order chi connectivity index (χ1) is 23.2. The normalized spacial score (nSPS) is 19.8. The highest BCUT2D eigenvalue weighted by Crippen LogP contribution is 2.49. The van der Waals surface area contributed by atoms with Crippen LogP contribution in [-0.4, -0.2) is 72.5 Å². The van der Waals surface area contributed by atoms with Crippen LogP contribution >= 0.6 is 8.53 Å². The van der Waals surface area contributed by atoms with Crippen molar-refractivity contribution in [3.05, 3.63) is 108 Å². The van der Waals surface area contributed by atoms with E-state index in [1.165, 1.54) is 0 Å². The second-order valence-electron chi connectivity index (χ2n) is 11.5. The van der Waals surface area contributed by atoms with Crippen molar-refractivity contribution >= 4 is 26.4 Å². The first kappa shape index (κ1) is 36.7. The van der Waals surface area contributed by atoms with E-state index in [2.05, 4.69) is 6.07 Å². The third-order valence-corrected chi connectivity index (χ3v) is 9.36. The third kappa shape index (κ3) is 10.4. The minimum Gasteiger partial charge on any atom is -0.459 e. The van der Waals surface area contributed by atoms with Crippen molar-refractivity contribution in [1.29, 1.82) is 5.26 Å². The molecule has 1 saturated heterocycles. The summed E-state index contributed by atoms with van der Waals surface area (Å²) >= 11 is 0. The predicted octanol–water partition coefficient (Wildman–Crippen LogP) is 6.70. The van der Waals surface area contributed by atoms with E-state index in [1.54, 1.807) is 91.0 Å². The number of hydrogen-bond donors (Lipinski definition) is 0. The molecular weight excluding hydrogens is 635 g/mol. The summed E-state index contributed by atoms with van der Waals surface area (Å²) in [6, 6.07) is 27.4. The summed E-state index contributed by atoms with van der Waals surface area (Å²) in [6.07, 6.45) is -4.15. The first-order valence-electron chi connectivity index (χ1n) is 15.8. The molecule has 0 radical (unpaired) electrons. The molecule has 11 nitrogen and oxygen atoms in total. The van der Waals surface area contributed by atoms with Gasteiger partial charge >= 0.3 is 17.9 Å². The van der Waals surface area contributed by atoms with E-state index in [0.717, 1.165) is 0 Å². The number of benzene rings is 3. The Morgan fingerprint density at radius 1 is 0.792 bits per heavy atom. The largest absolute Gasteiger partial charge is 0.459 e. The van der Waals surface area contributed by atoms with Gasteiger partial charge in [-0.1, -0.05) is 54.6 Å². The maximum absolute atomic E-state index is 13.3. The molecule has 5 atom stereocenters. The van der Waals surface area contributed by atoms with Crippen molar-refractivity contribution in [3.63, 3.8) is 0 Å². The Balaban J connectivity index is 1.66. The number of esters is 3. The lowest BCUT2D eigenvalue weighted by Crippen LogP contribution is -2.53. The molecule has 1 fully saturated rings. The summed E-state index contributed by atoms with van der Waals surface area (Å²) in [5.74, 6) is -1.83. The second-order valence-corrected chi connectivity index (χ2v) is 12.9. The molecule has 48 heavy (non-hydrogen) atoms. The highest BCUT2D eigenvalue weighted by Gasteiger charge is 2.46. The molecule has 0 spiro atoms. The maximum atomic E-state index is 13.3. The third-order valence-electron chi connectivity index (χ3n) is 7.27. The molecule has 1 heterocycles. The number of nitriles is 1. The van der Waals surface area contributed by atoms with E-state index in [1.807, 2.05) is 32.4 Å². The second kappa shape index (κ2) is 18.4. The zero-order valence-electron chi connectivity index (χ0n) is 27.5. The molecule has 0 bridgehead atoms. The fourth-order valence-corrected chi connectivity index (χ4v) is 6.73. The Bertz CT molecular complexity index is 1490. The molecule has 0 amide bonds. The topological polar surface area (TPSA) is 134 Å². The van der Waals surface area contributed by atoms with Gasteiger partial charge in [0.15, 0.2) is 6.10 Å². The Morgan fingerprint density at radius 3 is 1.75 bits per heavy atom. The van der Waals surface area contributed by atoms with Crippen LogP contribution in [0, 0.1) is 11.3 Å². The molecular formula is C36H41N2O9P. The summed E-state index contributed by atoms with van der Waals surface area (Å²) in [6.45, 7) is 7.79. The van der Waals surface area contributed by atoms with Crippen molar-refractivity contribution in [1.82, 2.24) is 4.67 Å². The van der Waals surface area contributed by atoms with Gasteiger partial charge in [-0.25, -0.2) is 19.1 Å². The highest BCUT2D eigenvalue weighted by atomic mass is 31.2. The lowest BCUT2D eigenvalue weighted by Gasteiger charge is -2.43. The molecule has 1 aliphatic heterocycles. The molecule has 3 aromatic rings. The Kier molecular flexibility index (Phi) is 14.0. The highest BCUT2D eigenvalue weighted by molar-refractivity contribution is 7.44. The molecule has 0 aromatic heterocycles. The van der Waals surface area contributed by atoms with Crippen LogP contribution in [0.1, 0.15) is 71.6 Å². The van der Waals surface area contributed by atoms with Crippen molar-refractivity contribution in [2.45, 2.75) is 77.2 Å². The van der Waals surface area contributed by atoms with E-state index in [9.17, 15) is 14.4 Å². The van der Waals surface area contributed by atoms with Gasteiger partial charge in [-0.15, -0.1) is 0 Å².